The van der Waals surface area contributed by atoms with Crippen molar-refractivity contribution in [2.75, 3.05) is 13.1 Å². The van der Waals surface area contributed by atoms with Gasteiger partial charge in [0.1, 0.15) is 0 Å². The fraction of sp³-hybridized carbons (Fsp3) is 0.409. The van der Waals surface area contributed by atoms with Gasteiger partial charge in [0.05, 0.1) is 16.9 Å². The molecule has 0 fully saturated rings. The van der Waals surface area contributed by atoms with Crippen LogP contribution < -0.4 is 5.32 Å². The van der Waals surface area contributed by atoms with Crippen LogP contribution in [0.2, 0.25) is 0 Å². The SMILES string of the molecule is CCC(C(=O)NC(C)c1ccc(S(=O)(=O)N(CC)CC)cc1)c1ccccc1. The molecule has 1 amide bonds. The Labute approximate surface area is 168 Å². The maximum Gasteiger partial charge on any atom is 0.243 e. The lowest BCUT2D eigenvalue weighted by Gasteiger charge is -2.21. The third kappa shape index (κ3) is 5.00. The summed E-state index contributed by atoms with van der Waals surface area (Å²) in [6.07, 6.45) is 0.712. The first-order valence-corrected chi connectivity index (χ1v) is 11.2. The van der Waals surface area contributed by atoms with Crippen molar-refractivity contribution in [2.24, 2.45) is 0 Å². The zero-order chi connectivity index (χ0) is 20.7. The molecule has 1 N–H and O–H groups in total. The van der Waals surface area contributed by atoms with Gasteiger partial charge in [0.25, 0.3) is 0 Å². The van der Waals surface area contributed by atoms with Crippen LogP contribution in [0.25, 0.3) is 0 Å². The van der Waals surface area contributed by atoms with Crippen molar-refractivity contribution in [3.63, 3.8) is 0 Å². The first-order chi connectivity index (χ1) is 13.3. The molecule has 0 saturated carbocycles. The molecule has 0 saturated heterocycles. The first kappa shape index (κ1) is 22.1. The van der Waals surface area contributed by atoms with E-state index in [4.69, 9.17) is 0 Å². The van der Waals surface area contributed by atoms with Crippen LogP contribution in [0.4, 0.5) is 0 Å². The molecule has 0 spiro atoms. The van der Waals surface area contributed by atoms with Crippen molar-refractivity contribution >= 4 is 15.9 Å². The molecule has 0 aliphatic heterocycles. The summed E-state index contributed by atoms with van der Waals surface area (Å²) in [7, 11) is -3.47. The monoisotopic (exact) mass is 402 g/mol. The fourth-order valence-corrected chi connectivity index (χ4v) is 4.75. The summed E-state index contributed by atoms with van der Waals surface area (Å²) in [6, 6.07) is 16.3. The van der Waals surface area contributed by atoms with Gasteiger partial charge in [-0.25, -0.2) is 8.42 Å². The number of rotatable bonds is 9. The standard InChI is InChI=1S/C22H30N2O3S/c1-5-21(19-11-9-8-10-12-19)22(25)23-17(4)18-13-15-20(16-14-18)28(26,27)24(6-2)7-3/h8-17,21H,5-7H2,1-4H3,(H,23,25). The Hall–Kier alpha value is -2.18. The van der Waals surface area contributed by atoms with Crippen LogP contribution in [-0.2, 0) is 14.8 Å². The summed E-state index contributed by atoms with van der Waals surface area (Å²) in [4.78, 5) is 13.0. The average molecular weight is 403 g/mol. The van der Waals surface area contributed by atoms with E-state index in [2.05, 4.69) is 5.32 Å². The predicted octanol–water partition coefficient (Wildman–Crippen LogP) is 4.09. The third-order valence-corrected chi connectivity index (χ3v) is 7.07. The van der Waals surface area contributed by atoms with Gasteiger partial charge in [-0.3, -0.25) is 4.79 Å². The molecule has 0 aliphatic carbocycles. The first-order valence-electron chi connectivity index (χ1n) is 9.80. The van der Waals surface area contributed by atoms with Gasteiger partial charge in [0.15, 0.2) is 0 Å². The van der Waals surface area contributed by atoms with Crippen LogP contribution in [-0.4, -0.2) is 31.7 Å². The Morgan fingerprint density at radius 3 is 2.00 bits per heavy atom. The summed E-state index contributed by atoms with van der Waals surface area (Å²) in [5.74, 6) is -0.230. The number of benzene rings is 2. The van der Waals surface area contributed by atoms with E-state index in [1.807, 2.05) is 58.0 Å². The van der Waals surface area contributed by atoms with Gasteiger partial charge in [-0.2, -0.15) is 4.31 Å². The van der Waals surface area contributed by atoms with E-state index >= 15 is 0 Å². The van der Waals surface area contributed by atoms with Crippen LogP contribution in [0.3, 0.4) is 0 Å². The van der Waals surface area contributed by atoms with Gasteiger partial charge >= 0.3 is 0 Å². The minimum absolute atomic E-state index is 0.0268. The molecular formula is C22H30N2O3S. The smallest absolute Gasteiger partial charge is 0.243 e. The van der Waals surface area contributed by atoms with Crippen molar-refractivity contribution < 1.29 is 13.2 Å². The van der Waals surface area contributed by atoms with E-state index in [0.717, 1.165) is 11.1 Å². The van der Waals surface area contributed by atoms with E-state index in [9.17, 15) is 13.2 Å². The largest absolute Gasteiger partial charge is 0.349 e. The highest BCUT2D eigenvalue weighted by Crippen LogP contribution is 2.23. The maximum absolute atomic E-state index is 12.7. The van der Waals surface area contributed by atoms with Crippen molar-refractivity contribution in [2.45, 2.75) is 51.0 Å². The van der Waals surface area contributed by atoms with Crippen LogP contribution >= 0.6 is 0 Å². The highest BCUT2D eigenvalue weighted by atomic mass is 32.2. The number of carbonyl (C=O) groups is 1. The van der Waals surface area contributed by atoms with Crippen molar-refractivity contribution in [3.8, 4) is 0 Å². The fourth-order valence-electron chi connectivity index (χ4n) is 3.30. The topological polar surface area (TPSA) is 66.5 Å². The molecule has 28 heavy (non-hydrogen) atoms. The average Bonchev–Trinajstić information content (AvgIpc) is 2.70. The van der Waals surface area contributed by atoms with Gasteiger partial charge in [-0.1, -0.05) is 63.2 Å². The molecule has 0 aliphatic rings. The van der Waals surface area contributed by atoms with Gasteiger partial charge in [0, 0.05) is 13.1 Å². The number of hydrogen-bond donors (Lipinski definition) is 1. The van der Waals surface area contributed by atoms with Gasteiger partial charge in [0.2, 0.25) is 15.9 Å². The molecule has 2 unspecified atom stereocenters. The molecule has 0 radical (unpaired) electrons. The zero-order valence-corrected chi connectivity index (χ0v) is 17.9. The van der Waals surface area contributed by atoms with Crippen molar-refractivity contribution in [1.29, 1.82) is 0 Å². The van der Waals surface area contributed by atoms with Crippen LogP contribution in [0.15, 0.2) is 59.5 Å². The summed E-state index contributed by atoms with van der Waals surface area (Å²) < 4.78 is 26.6. The highest BCUT2D eigenvalue weighted by Gasteiger charge is 2.23. The molecule has 0 aromatic heterocycles. The highest BCUT2D eigenvalue weighted by molar-refractivity contribution is 7.89. The summed E-state index contributed by atoms with van der Waals surface area (Å²) in [5.41, 5.74) is 1.87. The lowest BCUT2D eigenvalue weighted by atomic mass is 9.95. The second-order valence-electron chi connectivity index (χ2n) is 6.76. The lowest BCUT2D eigenvalue weighted by Crippen LogP contribution is -2.32. The zero-order valence-electron chi connectivity index (χ0n) is 17.1. The normalized spacial score (nSPS) is 13.9. The van der Waals surface area contributed by atoms with E-state index in [0.29, 0.717) is 19.5 Å². The van der Waals surface area contributed by atoms with Gasteiger partial charge in [-0.15, -0.1) is 0 Å². The Balaban J connectivity index is 2.12. The molecule has 2 atom stereocenters. The maximum atomic E-state index is 12.7. The molecule has 0 heterocycles. The molecule has 5 nitrogen and oxygen atoms in total. The Morgan fingerprint density at radius 2 is 1.50 bits per heavy atom. The number of amides is 1. The van der Waals surface area contributed by atoms with E-state index in [1.54, 1.807) is 24.3 Å². The van der Waals surface area contributed by atoms with Gasteiger partial charge in [-0.05, 0) is 36.6 Å². The van der Waals surface area contributed by atoms with E-state index < -0.39 is 10.0 Å². The van der Waals surface area contributed by atoms with E-state index in [1.165, 1.54) is 4.31 Å². The second-order valence-corrected chi connectivity index (χ2v) is 8.70. The lowest BCUT2D eigenvalue weighted by molar-refractivity contribution is -0.123. The number of nitrogens with one attached hydrogen (secondary N) is 1. The van der Waals surface area contributed by atoms with Crippen molar-refractivity contribution in [3.05, 3.63) is 65.7 Å². The van der Waals surface area contributed by atoms with Crippen LogP contribution in [0.5, 0.6) is 0 Å². The summed E-state index contributed by atoms with van der Waals surface area (Å²) >= 11 is 0. The molecule has 152 valence electrons. The number of sulfonamides is 1. The molecule has 2 rings (SSSR count). The Kier molecular flexibility index (Phi) is 7.78. The summed E-state index contributed by atoms with van der Waals surface area (Å²) in [5, 5.41) is 3.05. The van der Waals surface area contributed by atoms with Crippen molar-refractivity contribution in [1.82, 2.24) is 9.62 Å². The van der Waals surface area contributed by atoms with Gasteiger partial charge < -0.3 is 5.32 Å². The quantitative estimate of drug-likeness (QED) is 0.687. The number of nitrogens with zero attached hydrogens (tertiary/aromatic N) is 1. The number of hydrogen-bond acceptors (Lipinski definition) is 3. The minimum atomic E-state index is -3.47. The Bertz CT molecular complexity index is 860. The second kappa shape index (κ2) is 9.85. The van der Waals surface area contributed by atoms with E-state index in [-0.39, 0.29) is 22.8 Å². The third-order valence-electron chi connectivity index (χ3n) is 5.01. The molecule has 2 aromatic rings. The summed E-state index contributed by atoms with van der Waals surface area (Å²) in [6.45, 7) is 8.42. The van der Waals surface area contributed by atoms with Crippen LogP contribution in [0.1, 0.15) is 57.2 Å². The molecule has 0 bridgehead atoms. The number of carbonyl (C=O) groups excluding carboxylic acids is 1. The molecule has 2 aromatic carbocycles. The predicted molar refractivity (Wildman–Crippen MR) is 113 cm³/mol. The van der Waals surface area contributed by atoms with Crippen LogP contribution in [0, 0.1) is 0 Å². The minimum Gasteiger partial charge on any atom is -0.349 e. The Morgan fingerprint density at radius 1 is 0.929 bits per heavy atom. The molecular weight excluding hydrogens is 372 g/mol. The molecule has 6 heteroatoms.